The molecule has 1 aliphatic carbocycles. The first-order chi connectivity index (χ1) is 20.5. The maximum Gasteiger partial charge on any atom is 0.208 e. The Kier molecular flexibility index (Phi) is 10.7. The van der Waals surface area contributed by atoms with Crippen molar-refractivity contribution in [3.05, 3.63) is 136 Å². The highest BCUT2D eigenvalue weighted by molar-refractivity contribution is 8.03. The molecule has 2 nitrogen and oxygen atoms in total. The number of allylic oxidation sites excluding steroid dienone is 7. The van der Waals surface area contributed by atoms with E-state index < -0.39 is 0 Å². The zero-order valence-electron chi connectivity index (χ0n) is 27.7. The fraction of sp³-hybridized carbons (Fsp3) is 0.325. The van der Waals surface area contributed by atoms with Gasteiger partial charge in [-0.15, -0.1) is 0 Å². The lowest BCUT2D eigenvalue weighted by molar-refractivity contribution is -0.405. The van der Waals surface area contributed by atoms with Crippen molar-refractivity contribution in [3.8, 4) is 0 Å². The molecule has 0 radical (unpaired) electrons. The number of nitrogens with zero attached hydrogens (tertiary/aromatic N) is 2. The molecule has 0 saturated heterocycles. The minimum atomic E-state index is 0.147. The van der Waals surface area contributed by atoms with E-state index >= 15 is 0 Å². The summed E-state index contributed by atoms with van der Waals surface area (Å²) in [6, 6.07) is 26.3. The van der Waals surface area contributed by atoms with E-state index in [-0.39, 0.29) is 5.41 Å². The summed E-state index contributed by atoms with van der Waals surface area (Å²) >= 11 is 1.91. The Balaban J connectivity index is 1.72. The molecule has 0 saturated carbocycles. The molecule has 4 rings (SSSR count). The summed E-state index contributed by atoms with van der Waals surface area (Å²) in [4.78, 5) is 4.97. The maximum atomic E-state index is 2.36. The normalized spacial score (nSPS) is 16.2. The first-order valence-electron chi connectivity index (χ1n) is 15.5. The largest absolute Gasteiger partial charge is 0.348 e. The van der Waals surface area contributed by atoms with Gasteiger partial charge in [-0.25, -0.2) is 0 Å². The fourth-order valence-corrected chi connectivity index (χ4v) is 6.53. The van der Waals surface area contributed by atoms with Crippen LogP contribution in [0.4, 0.5) is 11.4 Å². The third kappa shape index (κ3) is 8.30. The van der Waals surface area contributed by atoms with Gasteiger partial charge in [-0.2, -0.15) is 4.58 Å². The molecule has 224 valence electrons. The third-order valence-electron chi connectivity index (χ3n) is 8.48. The van der Waals surface area contributed by atoms with Crippen molar-refractivity contribution in [2.45, 2.75) is 78.0 Å². The van der Waals surface area contributed by atoms with Gasteiger partial charge in [0.15, 0.2) is 5.71 Å². The predicted molar refractivity (Wildman–Crippen MR) is 190 cm³/mol. The number of anilines is 1. The van der Waals surface area contributed by atoms with Crippen LogP contribution >= 0.6 is 11.8 Å². The molecule has 3 aromatic rings. The van der Waals surface area contributed by atoms with E-state index in [2.05, 4.69) is 169 Å². The van der Waals surface area contributed by atoms with E-state index in [0.29, 0.717) is 0 Å². The Hall–Kier alpha value is -3.56. The minimum absolute atomic E-state index is 0.147. The number of aryl methyl sites for hydroxylation is 2. The van der Waals surface area contributed by atoms with E-state index in [4.69, 9.17) is 0 Å². The zero-order valence-corrected chi connectivity index (χ0v) is 28.5. The van der Waals surface area contributed by atoms with E-state index in [1.807, 2.05) is 11.8 Å². The van der Waals surface area contributed by atoms with Gasteiger partial charge in [0.05, 0.1) is 0 Å². The smallest absolute Gasteiger partial charge is 0.208 e. The van der Waals surface area contributed by atoms with Crippen molar-refractivity contribution in [1.29, 1.82) is 0 Å². The first-order valence-corrected chi connectivity index (χ1v) is 16.3. The highest BCUT2D eigenvalue weighted by Gasteiger charge is 2.19. The van der Waals surface area contributed by atoms with Crippen LogP contribution in [0.2, 0.25) is 0 Å². The topological polar surface area (TPSA) is 6.25 Å². The summed E-state index contributed by atoms with van der Waals surface area (Å²) in [6.45, 7) is 15.6. The van der Waals surface area contributed by atoms with E-state index in [1.165, 1.54) is 60.4 Å². The van der Waals surface area contributed by atoms with Crippen LogP contribution in [0.15, 0.2) is 124 Å². The summed E-state index contributed by atoms with van der Waals surface area (Å²) in [6.07, 6.45) is 12.6. The van der Waals surface area contributed by atoms with Crippen molar-refractivity contribution >= 4 is 28.8 Å². The highest BCUT2D eigenvalue weighted by Crippen LogP contribution is 2.42. The van der Waals surface area contributed by atoms with Gasteiger partial charge in [0.1, 0.15) is 7.05 Å². The zero-order chi connectivity index (χ0) is 31.1. The number of benzene rings is 3. The molecule has 43 heavy (non-hydrogen) atoms. The van der Waals surface area contributed by atoms with E-state index in [0.717, 1.165) is 19.3 Å². The van der Waals surface area contributed by atoms with Crippen molar-refractivity contribution in [2.75, 3.05) is 19.0 Å². The molecule has 0 atom stereocenters. The van der Waals surface area contributed by atoms with Gasteiger partial charge < -0.3 is 4.90 Å². The van der Waals surface area contributed by atoms with Crippen molar-refractivity contribution in [3.63, 3.8) is 0 Å². The van der Waals surface area contributed by atoms with Crippen molar-refractivity contribution < 1.29 is 4.58 Å². The second-order valence-corrected chi connectivity index (χ2v) is 13.8. The van der Waals surface area contributed by atoms with E-state index in [1.54, 1.807) is 0 Å². The highest BCUT2D eigenvalue weighted by atomic mass is 32.2. The molecular weight excluding hydrogens is 541 g/mol. The van der Waals surface area contributed by atoms with Gasteiger partial charge in [-0.05, 0) is 92.0 Å². The second-order valence-electron chi connectivity index (χ2n) is 12.8. The Morgan fingerprint density at radius 1 is 0.860 bits per heavy atom. The monoisotopic (exact) mass is 589 g/mol. The molecule has 0 heterocycles. The molecule has 0 aliphatic heterocycles. The molecule has 0 aromatic heterocycles. The number of thioether (sulfide) groups is 1. The Morgan fingerprint density at radius 3 is 2.16 bits per heavy atom. The fourth-order valence-electron chi connectivity index (χ4n) is 5.42. The first kappa shape index (κ1) is 32.4. The van der Waals surface area contributed by atoms with Crippen LogP contribution in [0.1, 0.15) is 70.6 Å². The lowest BCUT2D eigenvalue weighted by Gasteiger charge is -2.24. The molecule has 0 bridgehead atoms. The van der Waals surface area contributed by atoms with Crippen LogP contribution in [0, 0.1) is 13.8 Å². The molecule has 0 amide bonds. The molecule has 0 spiro atoms. The summed E-state index contributed by atoms with van der Waals surface area (Å²) in [5.74, 6) is 0. The lowest BCUT2D eigenvalue weighted by Crippen LogP contribution is -2.15. The van der Waals surface area contributed by atoms with Crippen LogP contribution in [-0.4, -0.2) is 24.4 Å². The summed E-state index contributed by atoms with van der Waals surface area (Å²) in [7, 11) is 4.32. The van der Waals surface area contributed by atoms with Gasteiger partial charge in [-0.1, -0.05) is 93.2 Å². The third-order valence-corrected chi connectivity index (χ3v) is 9.72. The Bertz CT molecular complexity index is 1590. The van der Waals surface area contributed by atoms with Gasteiger partial charge in [0.2, 0.25) is 5.69 Å². The van der Waals surface area contributed by atoms with Gasteiger partial charge in [0, 0.05) is 52.9 Å². The SMILES string of the molecule is C/C(=C\C=C1/CCCC(/C=C/C(C)=[N+](\C)c2ccccc2C)=C1Sc1ccc(C(C)(C)C)cc1)N(C)c1ccccc1C. The number of hydrogen-bond donors (Lipinski definition) is 0. The van der Waals surface area contributed by atoms with E-state index in [9.17, 15) is 0 Å². The summed E-state index contributed by atoms with van der Waals surface area (Å²) < 4.78 is 2.29. The van der Waals surface area contributed by atoms with Crippen molar-refractivity contribution in [1.82, 2.24) is 0 Å². The second kappa shape index (κ2) is 14.3. The molecular formula is C40H49N2S+. The summed E-state index contributed by atoms with van der Waals surface area (Å²) in [5.41, 5.74) is 11.9. The van der Waals surface area contributed by atoms with Gasteiger partial charge >= 0.3 is 0 Å². The summed E-state index contributed by atoms with van der Waals surface area (Å²) in [5, 5.41) is 0. The van der Waals surface area contributed by atoms with Gasteiger partial charge in [-0.3, -0.25) is 0 Å². The molecule has 0 unspecified atom stereocenters. The quantitative estimate of drug-likeness (QED) is 0.190. The maximum absolute atomic E-state index is 2.36. The van der Waals surface area contributed by atoms with Crippen LogP contribution in [0.25, 0.3) is 0 Å². The van der Waals surface area contributed by atoms with Crippen LogP contribution in [0.5, 0.6) is 0 Å². The molecule has 0 N–H and O–H groups in total. The van der Waals surface area contributed by atoms with Crippen molar-refractivity contribution in [2.24, 2.45) is 0 Å². The van der Waals surface area contributed by atoms with Crippen LogP contribution in [0.3, 0.4) is 0 Å². The molecule has 1 aliphatic rings. The van der Waals surface area contributed by atoms with Gasteiger partial charge in [0.25, 0.3) is 0 Å². The Labute approximate surface area is 265 Å². The number of rotatable bonds is 8. The standard InChI is InChI=1S/C40H49N2S/c1-29-15-10-12-19-37(29)41(8)31(3)21-23-33-17-14-18-34(24-22-32(4)42(9)38-20-13-11-16-30(38)2)39(33)43-36-27-25-35(26-28-36)40(5,6)7/h10-13,15-16,19-28H,14,17-18H2,1-9H3/q+1. The average Bonchev–Trinajstić information content (AvgIpc) is 2.99. The Morgan fingerprint density at radius 2 is 1.51 bits per heavy atom. The van der Waals surface area contributed by atoms with Crippen LogP contribution in [-0.2, 0) is 5.41 Å². The number of para-hydroxylation sites is 2. The molecule has 3 heteroatoms. The predicted octanol–water partition coefficient (Wildman–Crippen LogP) is 11.1. The lowest BCUT2D eigenvalue weighted by atomic mass is 9.87. The molecule has 0 fully saturated rings. The number of hydrogen-bond acceptors (Lipinski definition) is 2. The minimum Gasteiger partial charge on any atom is -0.348 e. The molecule has 3 aromatic carbocycles. The van der Waals surface area contributed by atoms with Crippen LogP contribution < -0.4 is 4.90 Å². The average molecular weight is 590 g/mol.